The molecule has 1 aromatic rings. The number of rotatable bonds is 7. The lowest BCUT2D eigenvalue weighted by molar-refractivity contribution is -0.146. The maximum Gasteiger partial charge on any atom is 0.413 e. The third-order valence-electron chi connectivity index (χ3n) is 3.38. The SMILES string of the molecule is COC(=O)/C=C/[C@H](Cc1ccccc1)N(COC(C)=O)C(=O)OC(C)(C)C. The number of ether oxygens (including phenoxy) is 3. The van der Waals surface area contributed by atoms with E-state index < -0.39 is 29.7 Å². The third kappa shape index (κ3) is 8.89. The summed E-state index contributed by atoms with van der Waals surface area (Å²) in [5, 5.41) is 0. The summed E-state index contributed by atoms with van der Waals surface area (Å²) in [4.78, 5) is 36.7. The molecule has 0 saturated heterocycles. The Hall–Kier alpha value is -2.83. The Balaban J connectivity index is 3.15. The van der Waals surface area contributed by atoms with Crippen LogP contribution in [-0.4, -0.2) is 48.4 Å². The van der Waals surface area contributed by atoms with Crippen molar-refractivity contribution < 1.29 is 28.6 Å². The molecule has 1 rings (SSSR count). The molecule has 27 heavy (non-hydrogen) atoms. The fourth-order valence-corrected chi connectivity index (χ4v) is 2.16. The van der Waals surface area contributed by atoms with Crippen LogP contribution in [0.1, 0.15) is 33.3 Å². The Morgan fingerprint density at radius 2 is 1.78 bits per heavy atom. The summed E-state index contributed by atoms with van der Waals surface area (Å²) in [7, 11) is 1.27. The highest BCUT2D eigenvalue weighted by Gasteiger charge is 2.28. The molecule has 1 atom stereocenters. The third-order valence-corrected chi connectivity index (χ3v) is 3.38. The molecule has 0 aliphatic heterocycles. The van der Waals surface area contributed by atoms with E-state index in [4.69, 9.17) is 9.47 Å². The maximum atomic E-state index is 12.7. The average Bonchev–Trinajstić information content (AvgIpc) is 2.58. The van der Waals surface area contributed by atoms with Gasteiger partial charge in [-0.1, -0.05) is 36.4 Å². The Morgan fingerprint density at radius 3 is 2.30 bits per heavy atom. The molecule has 1 aromatic carbocycles. The molecule has 148 valence electrons. The smallest absolute Gasteiger partial charge is 0.413 e. The number of esters is 2. The van der Waals surface area contributed by atoms with Gasteiger partial charge < -0.3 is 14.2 Å². The second kappa shape index (κ2) is 10.4. The summed E-state index contributed by atoms with van der Waals surface area (Å²) in [5.74, 6) is -1.08. The lowest BCUT2D eigenvalue weighted by atomic mass is 10.0. The van der Waals surface area contributed by atoms with Gasteiger partial charge in [-0.25, -0.2) is 9.59 Å². The first-order valence-electron chi connectivity index (χ1n) is 8.55. The monoisotopic (exact) mass is 377 g/mol. The molecule has 0 aliphatic carbocycles. The Morgan fingerprint density at radius 1 is 1.15 bits per heavy atom. The highest BCUT2D eigenvalue weighted by Crippen LogP contribution is 2.16. The number of benzene rings is 1. The van der Waals surface area contributed by atoms with Crippen molar-refractivity contribution in [3.63, 3.8) is 0 Å². The summed E-state index contributed by atoms with van der Waals surface area (Å²) in [6, 6.07) is 8.85. The number of carbonyl (C=O) groups excluding carboxylic acids is 3. The highest BCUT2D eigenvalue weighted by atomic mass is 16.6. The van der Waals surface area contributed by atoms with Crippen molar-refractivity contribution >= 4 is 18.0 Å². The first-order chi connectivity index (χ1) is 12.6. The number of hydrogen-bond donors (Lipinski definition) is 0. The number of methoxy groups -OCH3 is 1. The molecule has 0 N–H and O–H groups in total. The minimum absolute atomic E-state index is 0.298. The van der Waals surface area contributed by atoms with E-state index >= 15 is 0 Å². The Kier molecular flexibility index (Phi) is 8.51. The van der Waals surface area contributed by atoms with Gasteiger partial charge in [0.2, 0.25) is 0 Å². The largest absolute Gasteiger partial charge is 0.466 e. The topological polar surface area (TPSA) is 82.1 Å². The zero-order chi connectivity index (χ0) is 20.4. The van der Waals surface area contributed by atoms with Crippen molar-refractivity contribution in [2.45, 2.75) is 45.8 Å². The fourth-order valence-electron chi connectivity index (χ4n) is 2.16. The van der Waals surface area contributed by atoms with Gasteiger partial charge in [0, 0.05) is 13.0 Å². The summed E-state index contributed by atoms with van der Waals surface area (Å²) in [6.45, 7) is 6.18. The quantitative estimate of drug-likeness (QED) is 0.314. The van der Waals surface area contributed by atoms with Crippen molar-refractivity contribution in [2.24, 2.45) is 0 Å². The molecule has 0 heterocycles. The number of carbonyl (C=O) groups is 3. The van der Waals surface area contributed by atoms with Crippen molar-refractivity contribution in [3.05, 3.63) is 48.0 Å². The molecule has 0 unspecified atom stereocenters. The molecule has 0 fully saturated rings. The van der Waals surface area contributed by atoms with E-state index in [1.165, 1.54) is 31.1 Å². The van der Waals surface area contributed by atoms with E-state index in [2.05, 4.69) is 4.74 Å². The molecule has 7 nitrogen and oxygen atoms in total. The molecule has 0 saturated carbocycles. The van der Waals surface area contributed by atoms with E-state index in [1.54, 1.807) is 20.8 Å². The predicted molar refractivity (Wildman–Crippen MR) is 99.8 cm³/mol. The maximum absolute atomic E-state index is 12.7. The molecular weight excluding hydrogens is 350 g/mol. The molecule has 0 spiro atoms. The van der Waals surface area contributed by atoms with Gasteiger partial charge in [-0.2, -0.15) is 0 Å². The van der Waals surface area contributed by atoms with E-state index in [-0.39, 0.29) is 6.73 Å². The summed E-state index contributed by atoms with van der Waals surface area (Å²) >= 11 is 0. The summed E-state index contributed by atoms with van der Waals surface area (Å²) in [5.41, 5.74) is 0.211. The normalized spacial score (nSPS) is 12.3. The standard InChI is InChI=1S/C20H27NO6/c1-15(22)26-14-21(19(24)27-20(2,3)4)17(11-12-18(23)25-5)13-16-9-7-6-8-10-16/h6-12,17H,13-14H2,1-5H3/b12-11+/t17-/m1/s1. The lowest BCUT2D eigenvalue weighted by Gasteiger charge is -2.31. The predicted octanol–water partition coefficient (Wildman–Crippen LogP) is 3.08. The van der Waals surface area contributed by atoms with Crippen LogP contribution < -0.4 is 0 Å². The van der Waals surface area contributed by atoms with Crippen LogP contribution in [0.2, 0.25) is 0 Å². The minimum atomic E-state index is -0.727. The van der Waals surface area contributed by atoms with Gasteiger partial charge >= 0.3 is 18.0 Å². The Labute approximate surface area is 159 Å². The van der Waals surface area contributed by atoms with Crippen molar-refractivity contribution in [1.82, 2.24) is 4.90 Å². The molecular formula is C20H27NO6. The van der Waals surface area contributed by atoms with E-state index in [0.29, 0.717) is 6.42 Å². The van der Waals surface area contributed by atoms with Crippen LogP contribution in [0.5, 0.6) is 0 Å². The zero-order valence-corrected chi connectivity index (χ0v) is 16.4. The second-order valence-corrected chi connectivity index (χ2v) is 6.85. The molecule has 0 aliphatic rings. The van der Waals surface area contributed by atoms with Gasteiger partial charge in [0.1, 0.15) is 5.60 Å². The van der Waals surface area contributed by atoms with Gasteiger partial charge in [-0.3, -0.25) is 9.69 Å². The number of hydrogen-bond acceptors (Lipinski definition) is 6. The van der Waals surface area contributed by atoms with E-state index in [1.807, 2.05) is 30.3 Å². The number of nitrogens with zero attached hydrogens (tertiary/aromatic N) is 1. The second-order valence-electron chi connectivity index (χ2n) is 6.85. The van der Waals surface area contributed by atoms with Crippen LogP contribution in [-0.2, 0) is 30.2 Å². The molecule has 0 radical (unpaired) electrons. The summed E-state index contributed by atoms with van der Waals surface area (Å²) < 4.78 is 15.1. The number of amides is 1. The lowest BCUT2D eigenvalue weighted by Crippen LogP contribution is -2.45. The summed E-state index contributed by atoms with van der Waals surface area (Å²) in [6.07, 6.45) is 2.51. The Bertz CT molecular complexity index is 663. The van der Waals surface area contributed by atoms with Crippen molar-refractivity contribution in [1.29, 1.82) is 0 Å². The van der Waals surface area contributed by atoms with Gasteiger partial charge in [0.25, 0.3) is 0 Å². The van der Waals surface area contributed by atoms with Gasteiger partial charge in [-0.15, -0.1) is 0 Å². The van der Waals surface area contributed by atoms with Gasteiger partial charge in [0.05, 0.1) is 13.2 Å². The van der Waals surface area contributed by atoms with Crippen LogP contribution in [0.3, 0.4) is 0 Å². The van der Waals surface area contributed by atoms with Crippen LogP contribution in [0.4, 0.5) is 4.79 Å². The van der Waals surface area contributed by atoms with Crippen LogP contribution >= 0.6 is 0 Å². The van der Waals surface area contributed by atoms with Crippen molar-refractivity contribution in [2.75, 3.05) is 13.8 Å². The van der Waals surface area contributed by atoms with Gasteiger partial charge in [0.15, 0.2) is 6.73 Å². The van der Waals surface area contributed by atoms with E-state index in [0.717, 1.165) is 5.56 Å². The van der Waals surface area contributed by atoms with Crippen LogP contribution in [0.15, 0.2) is 42.5 Å². The van der Waals surface area contributed by atoms with Crippen LogP contribution in [0, 0.1) is 0 Å². The van der Waals surface area contributed by atoms with Crippen molar-refractivity contribution in [3.8, 4) is 0 Å². The van der Waals surface area contributed by atoms with Crippen LogP contribution in [0.25, 0.3) is 0 Å². The zero-order valence-electron chi connectivity index (χ0n) is 16.4. The molecule has 0 aromatic heterocycles. The molecule has 7 heteroatoms. The molecule has 1 amide bonds. The average molecular weight is 377 g/mol. The van der Waals surface area contributed by atoms with Gasteiger partial charge in [-0.05, 0) is 32.8 Å². The fraction of sp³-hybridized carbons (Fsp3) is 0.450. The first-order valence-corrected chi connectivity index (χ1v) is 8.55. The first kappa shape index (κ1) is 22.2. The van der Waals surface area contributed by atoms with E-state index in [9.17, 15) is 14.4 Å². The highest BCUT2D eigenvalue weighted by molar-refractivity contribution is 5.82. The minimum Gasteiger partial charge on any atom is -0.466 e. The molecule has 0 bridgehead atoms.